The highest BCUT2D eigenvalue weighted by Gasteiger charge is 2.36. The van der Waals surface area contributed by atoms with E-state index in [0.29, 0.717) is 17.7 Å². The molecule has 1 rings (SSSR count). The van der Waals surface area contributed by atoms with E-state index < -0.39 is 35.6 Å². The predicted molar refractivity (Wildman–Crippen MR) is 128 cm³/mol. The fraction of sp³-hybridized carbons (Fsp3) is 0.458. The average Bonchev–Trinajstić information content (AvgIpc) is 2.74. The van der Waals surface area contributed by atoms with Gasteiger partial charge in [-0.05, 0) is 33.3 Å². The lowest BCUT2D eigenvalue weighted by atomic mass is 9.98. The number of carbonyl (C=O) groups is 3. The van der Waals surface area contributed by atoms with Gasteiger partial charge in [0, 0.05) is 29.5 Å². The monoisotopic (exact) mass is 457 g/mol. The Kier molecular flexibility index (Phi) is 10.7. The molecule has 0 heterocycles. The smallest absolute Gasteiger partial charge is 0.408 e. The summed E-state index contributed by atoms with van der Waals surface area (Å²) < 4.78 is 5.22. The number of terminal acetylenes is 2. The maximum atomic E-state index is 13.3. The summed E-state index contributed by atoms with van der Waals surface area (Å²) in [7, 11) is 0. The predicted octanol–water partition coefficient (Wildman–Crippen LogP) is 2.87. The molecular formula is C24H31N3O4S. The minimum atomic E-state index is -1.18. The number of hydrogen-bond donors (Lipinski definition) is 3. The standard InChI is InChI=1S/C24H31N3O4S/c1-7-10-15-25-21(28)20(18-14-12-11-13-17(18)8-2)27(9-3)22(29)19(16-32)26-23(30)31-24(4,5)6/h2-3,11-14,19-20,32H,7,10,15-16H2,1,4-6H3,(H,25,28)(H,26,30). The first-order valence-electron chi connectivity index (χ1n) is 10.3. The van der Waals surface area contributed by atoms with Gasteiger partial charge in [0.2, 0.25) is 5.91 Å². The van der Waals surface area contributed by atoms with Gasteiger partial charge in [-0.3, -0.25) is 14.5 Å². The molecule has 172 valence electrons. The zero-order valence-corrected chi connectivity index (χ0v) is 19.9. The zero-order valence-electron chi connectivity index (χ0n) is 19.0. The maximum absolute atomic E-state index is 13.3. The summed E-state index contributed by atoms with van der Waals surface area (Å²) in [4.78, 5) is 39.5. The van der Waals surface area contributed by atoms with E-state index in [1.165, 1.54) is 0 Å². The summed E-state index contributed by atoms with van der Waals surface area (Å²) >= 11 is 4.17. The molecule has 0 fully saturated rings. The van der Waals surface area contributed by atoms with Gasteiger partial charge in [0.05, 0.1) is 0 Å². The van der Waals surface area contributed by atoms with Gasteiger partial charge >= 0.3 is 6.09 Å². The van der Waals surface area contributed by atoms with Crippen molar-refractivity contribution in [2.75, 3.05) is 12.3 Å². The van der Waals surface area contributed by atoms with E-state index in [4.69, 9.17) is 17.6 Å². The third-order valence-corrected chi connectivity index (χ3v) is 4.66. The van der Waals surface area contributed by atoms with Crippen LogP contribution in [0.25, 0.3) is 0 Å². The van der Waals surface area contributed by atoms with Crippen molar-refractivity contribution in [3.8, 4) is 24.8 Å². The Hall–Kier alpha value is -3.10. The summed E-state index contributed by atoms with van der Waals surface area (Å²) in [5.41, 5.74) is 0.0808. The van der Waals surface area contributed by atoms with Gasteiger partial charge in [-0.2, -0.15) is 12.6 Å². The van der Waals surface area contributed by atoms with Crippen LogP contribution in [0, 0.1) is 24.8 Å². The number of hydrogen-bond acceptors (Lipinski definition) is 5. The molecule has 0 saturated heterocycles. The third kappa shape index (κ3) is 7.86. The highest BCUT2D eigenvalue weighted by molar-refractivity contribution is 7.80. The molecule has 3 amide bonds. The largest absolute Gasteiger partial charge is 0.444 e. The molecule has 7 nitrogen and oxygen atoms in total. The van der Waals surface area contributed by atoms with E-state index in [1.807, 2.05) is 6.92 Å². The van der Waals surface area contributed by atoms with Gasteiger partial charge < -0.3 is 15.4 Å². The first kappa shape index (κ1) is 26.9. The Balaban J connectivity index is 3.31. The molecule has 0 saturated carbocycles. The Morgan fingerprint density at radius 2 is 1.88 bits per heavy atom. The van der Waals surface area contributed by atoms with Crippen LogP contribution < -0.4 is 10.6 Å². The lowest BCUT2D eigenvalue weighted by Crippen LogP contribution is -2.52. The fourth-order valence-corrected chi connectivity index (χ4v) is 3.07. The molecular weight excluding hydrogens is 426 g/mol. The topological polar surface area (TPSA) is 87.7 Å². The third-order valence-electron chi connectivity index (χ3n) is 4.30. The van der Waals surface area contributed by atoms with Crippen LogP contribution in [0.3, 0.4) is 0 Å². The number of alkyl carbamates (subject to hydrolysis) is 1. The van der Waals surface area contributed by atoms with Crippen LogP contribution in [0.4, 0.5) is 4.79 Å². The molecule has 2 atom stereocenters. The molecule has 1 aromatic rings. The van der Waals surface area contributed by atoms with Gasteiger partial charge in [0.15, 0.2) is 0 Å². The minimum absolute atomic E-state index is 0.0583. The van der Waals surface area contributed by atoms with Crippen LogP contribution in [0.5, 0.6) is 0 Å². The highest BCUT2D eigenvalue weighted by Crippen LogP contribution is 2.25. The number of thiol groups is 1. The highest BCUT2D eigenvalue weighted by atomic mass is 32.1. The lowest BCUT2D eigenvalue weighted by Gasteiger charge is -2.30. The number of nitrogens with zero attached hydrogens (tertiary/aromatic N) is 1. The Morgan fingerprint density at radius 3 is 2.41 bits per heavy atom. The van der Waals surface area contributed by atoms with Gasteiger partial charge in [-0.25, -0.2) is 4.79 Å². The summed E-state index contributed by atoms with van der Waals surface area (Å²) in [5.74, 6) is 1.31. The number of benzene rings is 1. The number of rotatable bonds is 9. The second-order valence-electron chi connectivity index (χ2n) is 8.00. The molecule has 0 radical (unpaired) electrons. The van der Waals surface area contributed by atoms with Crippen molar-refractivity contribution < 1.29 is 19.1 Å². The number of amides is 3. The van der Waals surface area contributed by atoms with Gasteiger partial charge in [-0.15, -0.1) is 6.42 Å². The molecule has 0 aliphatic heterocycles. The van der Waals surface area contributed by atoms with Gasteiger partial charge in [0.1, 0.15) is 17.7 Å². The Bertz CT molecular complexity index is 896. The molecule has 0 aromatic heterocycles. The summed E-state index contributed by atoms with van der Waals surface area (Å²) in [6, 6.07) is 6.73. The first-order valence-corrected chi connectivity index (χ1v) is 11.0. The van der Waals surface area contributed by atoms with E-state index in [1.54, 1.807) is 45.0 Å². The van der Waals surface area contributed by atoms with Crippen molar-refractivity contribution in [3.63, 3.8) is 0 Å². The van der Waals surface area contributed by atoms with Crippen LogP contribution in [0.15, 0.2) is 24.3 Å². The normalized spacial score (nSPS) is 12.5. The molecule has 0 aliphatic carbocycles. The van der Waals surface area contributed by atoms with Crippen molar-refractivity contribution in [3.05, 3.63) is 35.4 Å². The van der Waals surface area contributed by atoms with E-state index in [2.05, 4.69) is 35.2 Å². The van der Waals surface area contributed by atoms with Gasteiger partial charge in [0.25, 0.3) is 5.91 Å². The van der Waals surface area contributed by atoms with Crippen LogP contribution in [-0.2, 0) is 14.3 Å². The summed E-state index contributed by atoms with van der Waals surface area (Å²) in [6.45, 7) is 7.51. The number of nitrogens with one attached hydrogen (secondary N) is 2. The van der Waals surface area contributed by atoms with Crippen LogP contribution >= 0.6 is 12.6 Å². The zero-order chi connectivity index (χ0) is 24.3. The number of unbranched alkanes of at least 4 members (excludes halogenated alkanes) is 1. The fourth-order valence-electron chi connectivity index (χ4n) is 2.82. The Morgan fingerprint density at radius 1 is 1.22 bits per heavy atom. The van der Waals surface area contributed by atoms with Crippen molar-refractivity contribution in [2.24, 2.45) is 0 Å². The van der Waals surface area contributed by atoms with E-state index in [0.717, 1.165) is 17.7 Å². The van der Waals surface area contributed by atoms with Crippen LogP contribution in [-0.4, -0.2) is 46.7 Å². The molecule has 0 aliphatic rings. The molecule has 0 spiro atoms. The SMILES string of the molecule is C#Cc1ccccc1C(C(=O)NCCCC)N(C#C)C(=O)C(CS)NC(=O)OC(C)(C)C. The molecule has 2 N–H and O–H groups in total. The number of ether oxygens (including phenoxy) is 1. The van der Waals surface area contributed by atoms with Crippen LogP contribution in [0.1, 0.15) is 57.7 Å². The molecule has 0 bridgehead atoms. The first-order chi connectivity index (χ1) is 15.1. The maximum Gasteiger partial charge on any atom is 0.408 e. The molecule has 32 heavy (non-hydrogen) atoms. The molecule has 8 heteroatoms. The van der Waals surface area contributed by atoms with Crippen molar-refractivity contribution >= 4 is 30.5 Å². The van der Waals surface area contributed by atoms with Crippen LogP contribution in [0.2, 0.25) is 0 Å². The van der Waals surface area contributed by atoms with Crippen molar-refractivity contribution in [1.82, 2.24) is 15.5 Å². The Labute approximate surface area is 196 Å². The quantitative estimate of drug-likeness (QED) is 0.230. The second kappa shape index (κ2) is 12.7. The minimum Gasteiger partial charge on any atom is -0.444 e. The lowest BCUT2D eigenvalue weighted by molar-refractivity contribution is -0.138. The van der Waals surface area contributed by atoms with Gasteiger partial charge in [-0.1, -0.05) is 43.9 Å². The molecule has 2 unspecified atom stereocenters. The summed E-state index contributed by atoms with van der Waals surface area (Å²) in [5, 5.41) is 5.27. The van der Waals surface area contributed by atoms with E-state index in [-0.39, 0.29) is 5.75 Å². The number of carbonyl (C=O) groups excluding carboxylic acids is 3. The average molecular weight is 458 g/mol. The second-order valence-corrected chi connectivity index (χ2v) is 8.36. The van der Waals surface area contributed by atoms with E-state index in [9.17, 15) is 14.4 Å². The van der Waals surface area contributed by atoms with E-state index >= 15 is 0 Å². The summed E-state index contributed by atoms with van der Waals surface area (Å²) in [6.07, 6.45) is 12.1. The van der Waals surface area contributed by atoms with Crippen molar-refractivity contribution in [1.29, 1.82) is 0 Å². The molecule has 1 aromatic carbocycles. The van der Waals surface area contributed by atoms with Crippen molar-refractivity contribution in [2.45, 2.75) is 58.2 Å².